The van der Waals surface area contributed by atoms with Gasteiger partial charge >= 0.3 is 0 Å². The summed E-state index contributed by atoms with van der Waals surface area (Å²) in [5.74, 6) is 0.168. The van der Waals surface area contributed by atoms with Crippen molar-refractivity contribution in [2.45, 2.75) is 13.8 Å². The number of hydrogen-bond donors (Lipinski definition) is 1. The molecule has 0 saturated heterocycles. The Balaban J connectivity index is 2.24. The third-order valence-corrected chi connectivity index (χ3v) is 3.19. The fourth-order valence-corrected chi connectivity index (χ4v) is 2.14. The predicted molar refractivity (Wildman–Crippen MR) is 73.3 cm³/mol. The molecule has 0 atom stereocenters. The second kappa shape index (κ2) is 4.09. The van der Waals surface area contributed by atoms with E-state index in [1.807, 2.05) is 19.9 Å². The van der Waals surface area contributed by atoms with E-state index in [-0.39, 0.29) is 5.82 Å². The summed E-state index contributed by atoms with van der Waals surface area (Å²) in [6.07, 6.45) is 0. The zero-order chi connectivity index (χ0) is 13.6. The Morgan fingerprint density at radius 2 is 1.79 bits per heavy atom. The fourth-order valence-electron chi connectivity index (χ4n) is 2.14. The van der Waals surface area contributed by atoms with Crippen molar-refractivity contribution in [2.24, 2.45) is 0 Å². The van der Waals surface area contributed by atoms with Gasteiger partial charge in [0.1, 0.15) is 11.3 Å². The molecule has 2 aromatic carbocycles. The van der Waals surface area contributed by atoms with E-state index in [1.165, 1.54) is 12.1 Å². The number of aromatic nitrogens is 1. The fraction of sp³-hybridized carbons (Fsp3) is 0.133. The summed E-state index contributed by atoms with van der Waals surface area (Å²) in [7, 11) is 0. The lowest BCUT2D eigenvalue weighted by Gasteiger charge is -2.01. The molecule has 96 valence electrons. The van der Waals surface area contributed by atoms with Crippen LogP contribution in [0.2, 0.25) is 0 Å². The molecule has 0 aliphatic heterocycles. The van der Waals surface area contributed by atoms with Gasteiger partial charge in [-0.2, -0.15) is 0 Å². The van der Waals surface area contributed by atoms with E-state index in [4.69, 9.17) is 10.2 Å². The molecule has 1 aromatic heterocycles. The van der Waals surface area contributed by atoms with Gasteiger partial charge in [-0.25, -0.2) is 9.37 Å². The molecule has 0 spiro atoms. The Bertz CT molecular complexity index is 760. The first-order valence-corrected chi connectivity index (χ1v) is 5.98. The number of aryl methyl sites for hydroxylation is 2. The average Bonchev–Trinajstić information content (AvgIpc) is 2.83. The predicted octanol–water partition coefficient (Wildman–Crippen LogP) is 3.83. The molecule has 0 unspecified atom stereocenters. The van der Waals surface area contributed by atoms with Crippen molar-refractivity contribution in [1.29, 1.82) is 0 Å². The van der Waals surface area contributed by atoms with E-state index in [1.54, 1.807) is 12.1 Å². The van der Waals surface area contributed by atoms with Crippen LogP contribution in [0.15, 0.2) is 34.7 Å². The smallest absolute Gasteiger partial charge is 0.227 e. The number of benzene rings is 2. The van der Waals surface area contributed by atoms with Crippen molar-refractivity contribution >= 4 is 16.8 Å². The summed E-state index contributed by atoms with van der Waals surface area (Å²) in [6.45, 7) is 3.90. The Morgan fingerprint density at radius 3 is 2.47 bits per heavy atom. The van der Waals surface area contributed by atoms with E-state index in [9.17, 15) is 4.39 Å². The Kier molecular flexibility index (Phi) is 2.52. The molecule has 3 nitrogen and oxygen atoms in total. The van der Waals surface area contributed by atoms with Gasteiger partial charge in [0.05, 0.1) is 5.69 Å². The highest BCUT2D eigenvalue weighted by molar-refractivity contribution is 5.90. The number of nitrogen functional groups attached to an aromatic ring is 1. The van der Waals surface area contributed by atoms with Crippen molar-refractivity contribution in [1.82, 2.24) is 4.98 Å². The van der Waals surface area contributed by atoms with E-state index in [0.29, 0.717) is 17.2 Å². The van der Waals surface area contributed by atoms with E-state index in [2.05, 4.69) is 4.98 Å². The highest BCUT2D eigenvalue weighted by atomic mass is 19.1. The number of rotatable bonds is 1. The van der Waals surface area contributed by atoms with Crippen LogP contribution >= 0.6 is 0 Å². The summed E-state index contributed by atoms with van der Waals surface area (Å²) in [6, 6.07) is 8.02. The normalized spacial score (nSPS) is 11.1. The molecule has 0 aliphatic rings. The van der Waals surface area contributed by atoms with Gasteiger partial charge < -0.3 is 10.2 Å². The second-order valence-corrected chi connectivity index (χ2v) is 4.63. The number of oxazole rings is 1. The first-order valence-electron chi connectivity index (χ1n) is 5.98. The Morgan fingerprint density at radius 1 is 1.11 bits per heavy atom. The van der Waals surface area contributed by atoms with Crippen LogP contribution in [0.3, 0.4) is 0 Å². The molecule has 3 aromatic rings. The molecular formula is C15H13FN2O. The van der Waals surface area contributed by atoms with Crippen LogP contribution < -0.4 is 5.73 Å². The molecule has 0 amide bonds. The highest BCUT2D eigenvalue weighted by Crippen LogP contribution is 2.31. The van der Waals surface area contributed by atoms with Crippen LogP contribution in [0, 0.1) is 19.7 Å². The zero-order valence-electron chi connectivity index (χ0n) is 10.7. The molecule has 3 rings (SSSR count). The summed E-state index contributed by atoms with van der Waals surface area (Å²) >= 11 is 0. The van der Waals surface area contributed by atoms with Crippen molar-refractivity contribution in [3.8, 4) is 11.5 Å². The van der Waals surface area contributed by atoms with Crippen LogP contribution in [0.4, 0.5) is 10.1 Å². The van der Waals surface area contributed by atoms with Crippen LogP contribution in [0.25, 0.3) is 22.6 Å². The molecular weight excluding hydrogens is 243 g/mol. The van der Waals surface area contributed by atoms with Crippen molar-refractivity contribution < 1.29 is 8.81 Å². The summed E-state index contributed by atoms with van der Waals surface area (Å²) in [5.41, 5.74) is 10.7. The van der Waals surface area contributed by atoms with E-state index >= 15 is 0 Å². The standard InChI is InChI=1S/C15H13FN2O/c1-8-7-9(2)13-14(12(8)17)19-15(18-13)10-3-5-11(16)6-4-10/h3-7H,17H2,1-2H3. The second-order valence-electron chi connectivity index (χ2n) is 4.63. The molecule has 0 aliphatic carbocycles. The van der Waals surface area contributed by atoms with Gasteiger partial charge in [-0.3, -0.25) is 0 Å². The van der Waals surface area contributed by atoms with E-state index in [0.717, 1.165) is 22.2 Å². The van der Waals surface area contributed by atoms with E-state index < -0.39 is 0 Å². The lowest BCUT2D eigenvalue weighted by molar-refractivity contribution is 0.617. The molecule has 0 saturated carbocycles. The van der Waals surface area contributed by atoms with Crippen molar-refractivity contribution in [3.05, 3.63) is 47.3 Å². The van der Waals surface area contributed by atoms with Gasteiger partial charge in [-0.15, -0.1) is 0 Å². The minimum Gasteiger partial charge on any atom is -0.434 e. The highest BCUT2D eigenvalue weighted by Gasteiger charge is 2.14. The minimum atomic E-state index is -0.286. The molecule has 4 heteroatoms. The number of anilines is 1. The molecule has 2 N–H and O–H groups in total. The minimum absolute atomic E-state index is 0.286. The first-order chi connectivity index (χ1) is 9.06. The third kappa shape index (κ3) is 1.85. The van der Waals surface area contributed by atoms with Crippen LogP contribution in [0.5, 0.6) is 0 Å². The largest absolute Gasteiger partial charge is 0.434 e. The zero-order valence-corrected chi connectivity index (χ0v) is 10.7. The maximum Gasteiger partial charge on any atom is 0.227 e. The Hall–Kier alpha value is -2.36. The van der Waals surface area contributed by atoms with Crippen molar-refractivity contribution in [2.75, 3.05) is 5.73 Å². The number of fused-ring (bicyclic) bond motifs is 1. The van der Waals surface area contributed by atoms with Gasteiger partial charge in [-0.05, 0) is 49.2 Å². The average molecular weight is 256 g/mol. The van der Waals surface area contributed by atoms with Gasteiger partial charge in [0.25, 0.3) is 0 Å². The lowest BCUT2D eigenvalue weighted by Crippen LogP contribution is -1.91. The molecule has 19 heavy (non-hydrogen) atoms. The van der Waals surface area contributed by atoms with Gasteiger partial charge in [-0.1, -0.05) is 6.07 Å². The van der Waals surface area contributed by atoms with Crippen LogP contribution in [0.1, 0.15) is 11.1 Å². The topological polar surface area (TPSA) is 52.0 Å². The summed E-state index contributed by atoms with van der Waals surface area (Å²) in [5, 5.41) is 0. The number of nitrogens with zero attached hydrogens (tertiary/aromatic N) is 1. The summed E-state index contributed by atoms with van der Waals surface area (Å²) < 4.78 is 18.6. The van der Waals surface area contributed by atoms with Gasteiger partial charge in [0.2, 0.25) is 5.89 Å². The summed E-state index contributed by atoms with van der Waals surface area (Å²) in [4.78, 5) is 4.44. The molecule has 0 radical (unpaired) electrons. The monoisotopic (exact) mass is 256 g/mol. The maximum atomic E-state index is 12.9. The number of halogens is 1. The molecule has 0 bridgehead atoms. The maximum absolute atomic E-state index is 12.9. The quantitative estimate of drug-likeness (QED) is 0.673. The lowest BCUT2D eigenvalue weighted by atomic mass is 10.1. The Labute approximate surface area is 109 Å². The molecule has 0 fully saturated rings. The SMILES string of the molecule is Cc1cc(C)c2nc(-c3ccc(F)cc3)oc2c1N. The van der Waals surface area contributed by atoms with Crippen LogP contribution in [-0.2, 0) is 0 Å². The van der Waals surface area contributed by atoms with Crippen LogP contribution in [-0.4, -0.2) is 4.98 Å². The van der Waals surface area contributed by atoms with Crippen molar-refractivity contribution in [3.63, 3.8) is 0 Å². The van der Waals surface area contributed by atoms with Gasteiger partial charge in [0, 0.05) is 5.56 Å². The number of hydrogen-bond acceptors (Lipinski definition) is 3. The van der Waals surface area contributed by atoms with Gasteiger partial charge in [0.15, 0.2) is 5.58 Å². The first kappa shape index (κ1) is 11.7. The number of nitrogens with two attached hydrogens (primary N) is 1. The molecule has 1 heterocycles. The third-order valence-electron chi connectivity index (χ3n) is 3.19.